The molecule has 0 bridgehead atoms. The highest BCUT2D eigenvalue weighted by Crippen LogP contribution is 2.40. The number of anilines is 1. The molecule has 2 aromatic heterocycles. The number of hydrogen-bond donors (Lipinski definition) is 2. The van der Waals surface area contributed by atoms with Crippen molar-refractivity contribution in [3.8, 4) is 6.07 Å². The Kier molecular flexibility index (Phi) is 6.80. The summed E-state index contributed by atoms with van der Waals surface area (Å²) < 4.78 is 38.4. The first-order valence-corrected chi connectivity index (χ1v) is 10.3. The molecule has 1 fully saturated rings. The van der Waals surface area contributed by atoms with Crippen LogP contribution in [0.5, 0.6) is 0 Å². The molecule has 0 aliphatic heterocycles. The van der Waals surface area contributed by atoms with E-state index in [1.54, 1.807) is 6.07 Å². The summed E-state index contributed by atoms with van der Waals surface area (Å²) in [7, 11) is 0. The van der Waals surface area contributed by atoms with Crippen molar-refractivity contribution in [2.75, 3.05) is 11.9 Å². The number of aliphatic hydroxyl groups is 1. The Balaban J connectivity index is 1.64. The van der Waals surface area contributed by atoms with Crippen LogP contribution >= 0.6 is 0 Å². The molecular formula is C22H26F3N5O. The van der Waals surface area contributed by atoms with E-state index in [1.165, 1.54) is 6.20 Å². The molecule has 2 atom stereocenters. The summed E-state index contributed by atoms with van der Waals surface area (Å²) in [6.07, 6.45) is 1.22. The van der Waals surface area contributed by atoms with Gasteiger partial charge >= 0.3 is 6.18 Å². The topological polar surface area (TPSA) is 94.7 Å². The van der Waals surface area contributed by atoms with E-state index in [0.29, 0.717) is 48.1 Å². The van der Waals surface area contributed by atoms with Crippen LogP contribution in [-0.2, 0) is 19.0 Å². The lowest BCUT2D eigenvalue weighted by Gasteiger charge is -2.39. The number of hydrogen-bond acceptors (Lipinski definition) is 6. The first kappa shape index (κ1) is 22.9. The smallest absolute Gasteiger partial charge is 0.393 e. The van der Waals surface area contributed by atoms with E-state index in [1.807, 2.05) is 13.8 Å². The predicted molar refractivity (Wildman–Crippen MR) is 109 cm³/mol. The van der Waals surface area contributed by atoms with Gasteiger partial charge < -0.3 is 10.4 Å². The number of nitriles is 1. The standard InChI is InChI=1S/C22H26F3N5O/c1-21(2)11-15(3-4-19(21)31)9-17-16(12-26)13-29-20(30-17)28-8-6-14-5-7-27-18(10-14)22(23,24)25/h5,7,10,13,15,19,31H,3-4,6,8-9,11H2,1-2H3,(H,28,29,30)/t15-,19-/m0/s1. The molecule has 2 heterocycles. The second-order valence-corrected chi connectivity index (χ2v) is 8.75. The van der Waals surface area contributed by atoms with Crippen molar-refractivity contribution in [1.82, 2.24) is 15.0 Å². The Morgan fingerprint density at radius 2 is 2.06 bits per heavy atom. The predicted octanol–water partition coefficient (Wildman–Crippen LogP) is 4.15. The SMILES string of the molecule is CC1(C)C[C@H](Cc2nc(NCCc3ccnc(C(F)(F)F)c3)ncc2C#N)CC[C@@H]1O. The van der Waals surface area contributed by atoms with Crippen molar-refractivity contribution in [2.45, 2.75) is 58.2 Å². The van der Waals surface area contributed by atoms with Gasteiger partial charge in [-0.1, -0.05) is 13.8 Å². The van der Waals surface area contributed by atoms with Crippen LogP contribution in [0.3, 0.4) is 0 Å². The number of aromatic nitrogens is 3. The van der Waals surface area contributed by atoms with E-state index >= 15 is 0 Å². The number of pyridine rings is 1. The Hall–Kier alpha value is -2.73. The molecule has 31 heavy (non-hydrogen) atoms. The number of alkyl halides is 3. The molecule has 0 unspecified atom stereocenters. The number of nitrogens with one attached hydrogen (secondary N) is 1. The van der Waals surface area contributed by atoms with E-state index < -0.39 is 11.9 Å². The quantitative estimate of drug-likeness (QED) is 0.711. The maximum atomic E-state index is 12.8. The van der Waals surface area contributed by atoms with Gasteiger partial charge in [-0.2, -0.15) is 18.4 Å². The minimum absolute atomic E-state index is 0.177. The molecule has 0 amide bonds. The van der Waals surface area contributed by atoms with Crippen molar-refractivity contribution in [3.63, 3.8) is 0 Å². The summed E-state index contributed by atoms with van der Waals surface area (Å²) in [5.41, 5.74) is 0.483. The maximum Gasteiger partial charge on any atom is 0.433 e. The molecule has 2 aromatic rings. The lowest BCUT2D eigenvalue weighted by atomic mass is 9.69. The average molecular weight is 433 g/mol. The van der Waals surface area contributed by atoms with Crippen LogP contribution in [0.2, 0.25) is 0 Å². The highest BCUT2D eigenvalue weighted by molar-refractivity contribution is 5.37. The molecule has 6 nitrogen and oxygen atoms in total. The van der Waals surface area contributed by atoms with Crippen molar-refractivity contribution in [1.29, 1.82) is 5.26 Å². The fraction of sp³-hybridized carbons (Fsp3) is 0.545. The third-order valence-corrected chi connectivity index (χ3v) is 5.85. The van der Waals surface area contributed by atoms with Gasteiger partial charge in [0.1, 0.15) is 11.8 Å². The van der Waals surface area contributed by atoms with E-state index in [-0.39, 0.29) is 11.5 Å². The van der Waals surface area contributed by atoms with Crippen molar-refractivity contribution < 1.29 is 18.3 Å². The zero-order chi connectivity index (χ0) is 22.6. The highest BCUT2D eigenvalue weighted by Gasteiger charge is 2.36. The molecule has 1 aliphatic carbocycles. The average Bonchev–Trinajstić information content (AvgIpc) is 2.70. The summed E-state index contributed by atoms with van der Waals surface area (Å²) in [5.74, 6) is 0.653. The van der Waals surface area contributed by atoms with Gasteiger partial charge in [0.25, 0.3) is 0 Å². The number of aliphatic hydroxyl groups excluding tert-OH is 1. The fourth-order valence-corrected chi connectivity index (χ4v) is 4.07. The Morgan fingerprint density at radius 1 is 1.29 bits per heavy atom. The third kappa shape index (κ3) is 5.91. The second kappa shape index (κ2) is 9.18. The minimum Gasteiger partial charge on any atom is -0.393 e. The lowest BCUT2D eigenvalue weighted by molar-refractivity contribution is -0.141. The van der Waals surface area contributed by atoms with Gasteiger partial charge in [-0.15, -0.1) is 0 Å². The molecule has 1 aliphatic rings. The van der Waals surface area contributed by atoms with Crippen LogP contribution in [0.25, 0.3) is 0 Å². The van der Waals surface area contributed by atoms with E-state index in [9.17, 15) is 23.5 Å². The molecule has 166 valence electrons. The van der Waals surface area contributed by atoms with Gasteiger partial charge in [0.05, 0.1) is 23.6 Å². The second-order valence-electron chi connectivity index (χ2n) is 8.75. The Morgan fingerprint density at radius 3 is 2.74 bits per heavy atom. The summed E-state index contributed by atoms with van der Waals surface area (Å²) in [5, 5.41) is 22.6. The summed E-state index contributed by atoms with van der Waals surface area (Å²) >= 11 is 0. The molecule has 0 radical (unpaired) electrons. The molecule has 2 N–H and O–H groups in total. The van der Waals surface area contributed by atoms with Gasteiger partial charge in [0, 0.05) is 12.7 Å². The van der Waals surface area contributed by atoms with E-state index in [0.717, 1.165) is 31.5 Å². The van der Waals surface area contributed by atoms with Crippen LogP contribution in [0.1, 0.15) is 55.6 Å². The monoisotopic (exact) mass is 433 g/mol. The van der Waals surface area contributed by atoms with Crippen molar-refractivity contribution >= 4 is 5.95 Å². The number of halogens is 3. The molecule has 0 saturated heterocycles. The van der Waals surface area contributed by atoms with Gasteiger partial charge in [-0.3, -0.25) is 4.98 Å². The largest absolute Gasteiger partial charge is 0.433 e. The molecular weight excluding hydrogens is 407 g/mol. The summed E-state index contributed by atoms with van der Waals surface area (Å²) in [4.78, 5) is 12.0. The van der Waals surface area contributed by atoms with Gasteiger partial charge in [0.15, 0.2) is 0 Å². The Labute approximate surface area is 179 Å². The van der Waals surface area contributed by atoms with Crippen molar-refractivity contribution in [2.24, 2.45) is 11.3 Å². The minimum atomic E-state index is -4.47. The van der Waals surface area contributed by atoms with Gasteiger partial charge in [-0.25, -0.2) is 9.97 Å². The zero-order valence-electron chi connectivity index (χ0n) is 17.6. The van der Waals surface area contributed by atoms with Crippen LogP contribution < -0.4 is 5.32 Å². The molecule has 0 spiro atoms. The maximum absolute atomic E-state index is 12.8. The number of rotatable bonds is 6. The summed E-state index contributed by atoms with van der Waals surface area (Å²) in [6.45, 7) is 4.44. The normalized spacial score (nSPS) is 20.8. The van der Waals surface area contributed by atoms with Gasteiger partial charge in [0.2, 0.25) is 5.95 Å². The summed E-state index contributed by atoms with van der Waals surface area (Å²) in [6, 6.07) is 4.71. The van der Waals surface area contributed by atoms with Crippen LogP contribution in [0.15, 0.2) is 24.5 Å². The van der Waals surface area contributed by atoms with Crippen molar-refractivity contribution in [3.05, 3.63) is 47.0 Å². The van der Waals surface area contributed by atoms with E-state index in [4.69, 9.17) is 0 Å². The molecule has 3 rings (SSSR count). The molecule has 1 saturated carbocycles. The first-order chi connectivity index (χ1) is 14.6. The molecule has 9 heteroatoms. The Bertz CT molecular complexity index is 955. The number of nitrogens with zero attached hydrogens (tertiary/aromatic N) is 4. The molecule has 0 aromatic carbocycles. The third-order valence-electron chi connectivity index (χ3n) is 5.85. The van der Waals surface area contributed by atoms with Gasteiger partial charge in [-0.05, 0) is 61.1 Å². The van der Waals surface area contributed by atoms with Crippen LogP contribution in [0, 0.1) is 22.7 Å². The van der Waals surface area contributed by atoms with Crippen LogP contribution in [-0.4, -0.2) is 32.7 Å². The highest BCUT2D eigenvalue weighted by atomic mass is 19.4. The van der Waals surface area contributed by atoms with Crippen LogP contribution in [0.4, 0.5) is 19.1 Å². The fourth-order valence-electron chi connectivity index (χ4n) is 4.07. The first-order valence-electron chi connectivity index (χ1n) is 10.3. The zero-order valence-corrected chi connectivity index (χ0v) is 17.6. The van der Waals surface area contributed by atoms with E-state index in [2.05, 4.69) is 26.3 Å². The lowest BCUT2D eigenvalue weighted by Crippen LogP contribution is -2.37.